The highest BCUT2D eigenvalue weighted by atomic mass is 32.2. The number of rotatable bonds is 6. The van der Waals surface area contributed by atoms with Crippen molar-refractivity contribution in [2.24, 2.45) is 5.73 Å². The lowest BCUT2D eigenvalue weighted by molar-refractivity contribution is -0.387. The number of hydrogen-bond donors (Lipinski definition) is 2. The molecule has 0 bridgehead atoms. The molecule has 1 atom stereocenters. The first-order valence-corrected chi connectivity index (χ1v) is 6.82. The van der Waals surface area contributed by atoms with E-state index in [1.165, 1.54) is 18.2 Å². The van der Waals surface area contributed by atoms with Crippen LogP contribution in [0.5, 0.6) is 0 Å². The number of nitro benzene ring substituents is 1. The summed E-state index contributed by atoms with van der Waals surface area (Å²) in [4.78, 5) is 9.72. The highest BCUT2D eigenvalue weighted by Gasteiger charge is 2.26. The number of benzene rings is 1. The van der Waals surface area contributed by atoms with E-state index in [9.17, 15) is 18.5 Å². The summed E-state index contributed by atoms with van der Waals surface area (Å²) in [5.41, 5.74) is 4.88. The molecule has 1 aromatic carbocycles. The Balaban J connectivity index is 3.09. The van der Waals surface area contributed by atoms with Gasteiger partial charge in [0, 0.05) is 12.1 Å². The van der Waals surface area contributed by atoms with Gasteiger partial charge in [0.1, 0.15) is 0 Å². The van der Waals surface area contributed by atoms with Gasteiger partial charge in [-0.1, -0.05) is 12.1 Å². The van der Waals surface area contributed by atoms with Crippen LogP contribution in [0, 0.1) is 10.1 Å². The molecule has 0 radical (unpaired) electrons. The Morgan fingerprint density at radius 3 is 2.61 bits per heavy atom. The van der Waals surface area contributed by atoms with Gasteiger partial charge in [0.2, 0.25) is 10.0 Å². The van der Waals surface area contributed by atoms with E-state index in [0.29, 0.717) is 13.0 Å². The van der Waals surface area contributed by atoms with Crippen LogP contribution in [0.25, 0.3) is 0 Å². The Bertz CT molecular complexity index is 530. The summed E-state index contributed by atoms with van der Waals surface area (Å²) in [5.74, 6) is 0. The number of nitrogens with two attached hydrogens (primary N) is 1. The van der Waals surface area contributed by atoms with E-state index in [0.717, 1.165) is 6.07 Å². The lowest BCUT2D eigenvalue weighted by Gasteiger charge is -2.13. The molecular formula is C10H15N3O4S. The third-order valence-electron chi connectivity index (χ3n) is 2.31. The van der Waals surface area contributed by atoms with Crippen LogP contribution in [0.3, 0.4) is 0 Å². The van der Waals surface area contributed by atoms with Gasteiger partial charge < -0.3 is 5.73 Å². The van der Waals surface area contributed by atoms with Crippen LogP contribution in [0.4, 0.5) is 5.69 Å². The number of sulfonamides is 1. The molecule has 1 aromatic rings. The first kappa shape index (κ1) is 14.6. The molecule has 3 N–H and O–H groups in total. The number of para-hydroxylation sites is 1. The van der Waals surface area contributed by atoms with Gasteiger partial charge in [-0.15, -0.1) is 0 Å². The lowest BCUT2D eigenvalue weighted by atomic mass is 10.3. The molecule has 0 aliphatic carbocycles. The fourth-order valence-electron chi connectivity index (χ4n) is 1.47. The van der Waals surface area contributed by atoms with Crippen LogP contribution in [0.15, 0.2) is 29.2 Å². The Kier molecular flexibility index (Phi) is 4.76. The van der Waals surface area contributed by atoms with Crippen molar-refractivity contribution < 1.29 is 13.3 Å². The zero-order chi connectivity index (χ0) is 13.8. The third-order valence-corrected chi connectivity index (χ3v) is 3.94. The highest BCUT2D eigenvalue weighted by Crippen LogP contribution is 2.22. The molecule has 0 heterocycles. The van der Waals surface area contributed by atoms with E-state index in [1.807, 2.05) is 0 Å². The zero-order valence-corrected chi connectivity index (χ0v) is 10.7. The fraction of sp³-hybridized carbons (Fsp3) is 0.400. The fourth-order valence-corrected chi connectivity index (χ4v) is 2.92. The highest BCUT2D eigenvalue weighted by molar-refractivity contribution is 7.89. The van der Waals surface area contributed by atoms with Crippen LogP contribution < -0.4 is 10.5 Å². The average molecular weight is 273 g/mol. The van der Waals surface area contributed by atoms with Gasteiger partial charge in [-0.05, 0) is 26.0 Å². The van der Waals surface area contributed by atoms with Crippen molar-refractivity contribution in [2.75, 3.05) is 6.54 Å². The van der Waals surface area contributed by atoms with Crippen molar-refractivity contribution >= 4 is 15.7 Å². The van der Waals surface area contributed by atoms with E-state index in [4.69, 9.17) is 5.73 Å². The topological polar surface area (TPSA) is 115 Å². The molecule has 7 nitrogen and oxygen atoms in total. The quantitative estimate of drug-likeness (QED) is 0.582. The molecule has 0 aromatic heterocycles. The maximum Gasteiger partial charge on any atom is 0.289 e. The van der Waals surface area contributed by atoms with Crippen LogP contribution in [0.1, 0.15) is 13.3 Å². The average Bonchev–Trinajstić information content (AvgIpc) is 2.28. The van der Waals surface area contributed by atoms with Gasteiger partial charge >= 0.3 is 0 Å². The predicted molar refractivity (Wildman–Crippen MR) is 66.6 cm³/mol. The normalized spacial score (nSPS) is 13.2. The van der Waals surface area contributed by atoms with E-state index in [1.54, 1.807) is 6.92 Å². The molecular weight excluding hydrogens is 258 g/mol. The first-order chi connectivity index (χ1) is 8.38. The SMILES string of the molecule is CC(CCN)NS(=O)(=O)c1ccccc1[N+](=O)[O-]. The minimum Gasteiger partial charge on any atom is -0.330 e. The molecule has 8 heteroatoms. The van der Waals surface area contributed by atoms with Crippen molar-refractivity contribution in [3.63, 3.8) is 0 Å². The molecule has 18 heavy (non-hydrogen) atoms. The first-order valence-electron chi connectivity index (χ1n) is 5.34. The molecule has 1 rings (SSSR count). The third kappa shape index (κ3) is 3.49. The van der Waals surface area contributed by atoms with Crippen molar-refractivity contribution in [2.45, 2.75) is 24.3 Å². The van der Waals surface area contributed by atoms with E-state index < -0.39 is 20.6 Å². The van der Waals surface area contributed by atoms with Crippen molar-refractivity contribution in [3.8, 4) is 0 Å². The van der Waals surface area contributed by atoms with Gasteiger partial charge in [-0.25, -0.2) is 13.1 Å². The molecule has 0 saturated heterocycles. The zero-order valence-electron chi connectivity index (χ0n) is 9.87. The summed E-state index contributed by atoms with van der Waals surface area (Å²) in [6, 6.07) is 4.84. The van der Waals surface area contributed by atoms with Crippen molar-refractivity contribution in [1.29, 1.82) is 0 Å². The summed E-state index contributed by atoms with van der Waals surface area (Å²) >= 11 is 0. The minimum absolute atomic E-state index is 0.334. The van der Waals surface area contributed by atoms with Gasteiger partial charge in [-0.2, -0.15) is 0 Å². The lowest BCUT2D eigenvalue weighted by Crippen LogP contribution is -2.34. The Hall–Kier alpha value is -1.51. The van der Waals surface area contributed by atoms with Gasteiger partial charge in [0.05, 0.1) is 4.92 Å². The molecule has 0 aliphatic rings. The molecule has 1 unspecified atom stereocenters. The standard InChI is InChI=1S/C10H15N3O4S/c1-8(6-7-11)12-18(16,17)10-5-3-2-4-9(10)13(14)15/h2-5,8,12H,6-7,11H2,1H3. The maximum absolute atomic E-state index is 12.0. The monoisotopic (exact) mass is 273 g/mol. The maximum atomic E-state index is 12.0. The summed E-state index contributed by atoms with van der Waals surface area (Å²) in [5, 5.41) is 10.8. The summed E-state index contributed by atoms with van der Waals surface area (Å²) in [7, 11) is -3.90. The molecule has 0 aliphatic heterocycles. The molecule has 100 valence electrons. The number of nitro groups is 1. The van der Waals surface area contributed by atoms with Gasteiger partial charge in [0.25, 0.3) is 5.69 Å². The van der Waals surface area contributed by atoms with Crippen LogP contribution >= 0.6 is 0 Å². The van der Waals surface area contributed by atoms with Crippen LogP contribution in [0.2, 0.25) is 0 Å². The minimum atomic E-state index is -3.90. The number of nitrogens with one attached hydrogen (secondary N) is 1. The molecule has 0 saturated carbocycles. The Morgan fingerprint density at radius 1 is 1.44 bits per heavy atom. The largest absolute Gasteiger partial charge is 0.330 e. The van der Waals surface area contributed by atoms with Crippen LogP contribution in [-0.4, -0.2) is 25.9 Å². The van der Waals surface area contributed by atoms with Crippen LogP contribution in [-0.2, 0) is 10.0 Å². The van der Waals surface area contributed by atoms with E-state index >= 15 is 0 Å². The molecule has 0 spiro atoms. The van der Waals surface area contributed by atoms with Gasteiger partial charge in [0.15, 0.2) is 4.90 Å². The summed E-state index contributed by atoms with van der Waals surface area (Å²) in [6.45, 7) is 1.99. The van der Waals surface area contributed by atoms with Gasteiger partial charge in [-0.3, -0.25) is 10.1 Å². The summed E-state index contributed by atoms with van der Waals surface area (Å²) < 4.78 is 26.3. The Morgan fingerprint density at radius 2 is 2.06 bits per heavy atom. The van der Waals surface area contributed by atoms with Crippen molar-refractivity contribution in [1.82, 2.24) is 4.72 Å². The molecule has 0 fully saturated rings. The predicted octanol–water partition coefficient (Wildman–Crippen LogP) is 0.610. The van der Waals surface area contributed by atoms with E-state index in [-0.39, 0.29) is 10.9 Å². The second kappa shape index (κ2) is 5.89. The second-order valence-electron chi connectivity index (χ2n) is 3.82. The Labute approximate surface area is 105 Å². The summed E-state index contributed by atoms with van der Waals surface area (Å²) in [6.07, 6.45) is 0.458. The second-order valence-corrected chi connectivity index (χ2v) is 5.51. The smallest absolute Gasteiger partial charge is 0.289 e. The van der Waals surface area contributed by atoms with E-state index in [2.05, 4.69) is 4.72 Å². The van der Waals surface area contributed by atoms with Crippen molar-refractivity contribution in [3.05, 3.63) is 34.4 Å². The molecule has 0 amide bonds. The number of nitrogens with zero attached hydrogens (tertiary/aromatic N) is 1. The number of hydrogen-bond acceptors (Lipinski definition) is 5.